The van der Waals surface area contributed by atoms with Crippen LogP contribution in [0.4, 0.5) is 15.6 Å². The van der Waals surface area contributed by atoms with E-state index in [9.17, 15) is 4.79 Å². The van der Waals surface area contributed by atoms with Gasteiger partial charge in [0, 0.05) is 36.5 Å². The SMILES string of the molecule is CCOc1cc(NC(=O)Nc2nc3c(s2)CN(C)CC3)cc(OCC)c1OCC. The first-order valence-electron chi connectivity index (χ1n) is 9.85. The van der Waals surface area contributed by atoms with Gasteiger partial charge in [-0.3, -0.25) is 5.32 Å². The van der Waals surface area contributed by atoms with Crippen LogP contribution in [0.15, 0.2) is 12.1 Å². The summed E-state index contributed by atoms with van der Waals surface area (Å²) >= 11 is 1.52. The van der Waals surface area contributed by atoms with E-state index in [0.29, 0.717) is 47.9 Å². The Morgan fingerprint density at radius 1 is 1.10 bits per heavy atom. The molecule has 0 saturated carbocycles. The molecule has 2 amide bonds. The van der Waals surface area contributed by atoms with Crippen LogP contribution >= 0.6 is 11.3 Å². The molecule has 0 bridgehead atoms. The summed E-state index contributed by atoms with van der Waals surface area (Å²) in [5, 5.41) is 6.27. The quantitative estimate of drug-likeness (QED) is 0.672. The molecule has 2 N–H and O–H groups in total. The van der Waals surface area contributed by atoms with Crippen molar-refractivity contribution in [3.05, 3.63) is 22.7 Å². The highest BCUT2D eigenvalue weighted by molar-refractivity contribution is 7.15. The first kappa shape index (κ1) is 21.2. The van der Waals surface area contributed by atoms with Gasteiger partial charge in [0.25, 0.3) is 0 Å². The lowest BCUT2D eigenvalue weighted by Crippen LogP contribution is -2.25. The number of hydrogen-bond acceptors (Lipinski definition) is 7. The highest BCUT2D eigenvalue weighted by Gasteiger charge is 2.20. The molecule has 2 aromatic rings. The van der Waals surface area contributed by atoms with E-state index in [2.05, 4.69) is 27.6 Å². The van der Waals surface area contributed by atoms with Gasteiger partial charge in [0.15, 0.2) is 16.6 Å². The van der Waals surface area contributed by atoms with Crippen LogP contribution in [0, 0.1) is 0 Å². The van der Waals surface area contributed by atoms with E-state index in [0.717, 1.165) is 25.2 Å². The van der Waals surface area contributed by atoms with Crippen molar-refractivity contribution in [2.75, 3.05) is 44.0 Å². The third-order valence-corrected chi connectivity index (χ3v) is 5.31. The van der Waals surface area contributed by atoms with Crippen molar-refractivity contribution in [2.45, 2.75) is 33.7 Å². The number of amides is 2. The third kappa shape index (κ3) is 5.30. The summed E-state index contributed by atoms with van der Waals surface area (Å²) in [5.74, 6) is 1.60. The maximum atomic E-state index is 12.5. The number of rotatable bonds is 8. The van der Waals surface area contributed by atoms with Gasteiger partial charge in [-0.15, -0.1) is 11.3 Å². The molecule has 1 aliphatic heterocycles. The van der Waals surface area contributed by atoms with Gasteiger partial charge in [0.1, 0.15) is 0 Å². The highest BCUT2D eigenvalue weighted by atomic mass is 32.1. The first-order chi connectivity index (χ1) is 14.0. The zero-order valence-electron chi connectivity index (χ0n) is 17.3. The molecule has 0 fully saturated rings. The summed E-state index contributed by atoms with van der Waals surface area (Å²) in [4.78, 5) is 20.5. The molecule has 1 aromatic carbocycles. The Bertz CT molecular complexity index is 828. The topological polar surface area (TPSA) is 85.0 Å². The number of aromatic nitrogens is 1. The van der Waals surface area contributed by atoms with Gasteiger partial charge >= 0.3 is 6.03 Å². The fourth-order valence-electron chi connectivity index (χ4n) is 3.10. The molecule has 8 nitrogen and oxygen atoms in total. The number of ether oxygens (including phenoxy) is 3. The van der Waals surface area contributed by atoms with Gasteiger partial charge in [-0.05, 0) is 27.8 Å². The van der Waals surface area contributed by atoms with E-state index in [1.54, 1.807) is 12.1 Å². The van der Waals surface area contributed by atoms with Crippen LogP contribution in [0.5, 0.6) is 17.2 Å². The van der Waals surface area contributed by atoms with Gasteiger partial charge in [0.05, 0.1) is 31.2 Å². The molecule has 3 rings (SSSR count). The minimum atomic E-state index is -0.362. The molecule has 9 heteroatoms. The molecule has 1 aliphatic rings. The molecule has 0 saturated heterocycles. The van der Waals surface area contributed by atoms with Crippen molar-refractivity contribution in [3.63, 3.8) is 0 Å². The van der Waals surface area contributed by atoms with E-state index < -0.39 is 0 Å². The fraction of sp³-hybridized carbons (Fsp3) is 0.500. The van der Waals surface area contributed by atoms with Gasteiger partial charge in [-0.25, -0.2) is 9.78 Å². The summed E-state index contributed by atoms with van der Waals surface area (Å²) in [6.45, 7) is 8.96. The van der Waals surface area contributed by atoms with Crippen LogP contribution in [0.1, 0.15) is 31.3 Å². The average molecular weight is 421 g/mol. The maximum absolute atomic E-state index is 12.5. The smallest absolute Gasteiger partial charge is 0.325 e. The maximum Gasteiger partial charge on any atom is 0.325 e. The summed E-state index contributed by atoms with van der Waals surface area (Å²) in [6, 6.07) is 3.11. The molecule has 2 heterocycles. The van der Waals surface area contributed by atoms with Crippen LogP contribution < -0.4 is 24.8 Å². The van der Waals surface area contributed by atoms with Gasteiger partial charge in [-0.2, -0.15) is 0 Å². The number of likely N-dealkylation sites (N-methyl/N-ethyl adjacent to an activating group) is 1. The molecule has 0 unspecified atom stereocenters. The normalized spacial score (nSPS) is 13.5. The second-order valence-electron chi connectivity index (χ2n) is 6.56. The number of benzene rings is 1. The van der Waals surface area contributed by atoms with E-state index in [-0.39, 0.29) is 6.03 Å². The molecule has 158 valence electrons. The Kier molecular flexibility index (Phi) is 7.16. The van der Waals surface area contributed by atoms with Crippen molar-refractivity contribution in [1.29, 1.82) is 0 Å². The zero-order valence-corrected chi connectivity index (χ0v) is 18.1. The number of hydrogen-bond donors (Lipinski definition) is 2. The largest absolute Gasteiger partial charge is 0.490 e. The predicted molar refractivity (Wildman–Crippen MR) is 115 cm³/mol. The molecule has 0 atom stereocenters. The molecular formula is C20H28N4O4S. The van der Waals surface area contributed by atoms with Crippen LogP contribution in [0.2, 0.25) is 0 Å². The van der Waals surface area contributed by atoms with E-state index in [4.69, 9.17) is 14.2 Å². The van der Waals surface area contributed by atoms with Crippen LogP contribution in [-0.2, 0) is 13.0 Å². The standard InChI is InChI=1S/C20H28N4O4S/c1-5-26-15-10-13(11-16(27-6-2)18(15)28-7-3)21-19(25)23-20-22-14-8-9-24(4)12-17(14)29-20/h10-11H,5-9,12H2,1-4H3,(H2,21,22,23,25). The van der Waals surface area contributed by atoms with Crippen molar-refractivity contribution >= 4 is 28.2 Å². The van der Waals surface area contributed by atoms with Crippen molar-refractivity contribution in [2.24, 2.45) is 0 Å². The van der Waals surface area contributed by atoms with Crippen LogP contribution in [0.3, 0.4) is 0 Å². The van der Waals surface area contributed by atoms with Gasteiger partial charge in [0.2, 0.25) is 5.75 Å². The fourth-order valence-corrected chi connectivity index (χ4v) is 4.18. The second kappa shape index (κ2) is 9.80. The number of anilines is 2. The van der Waals surface area contributed by atoms with Crippen molar-refractivity contribution in [3.8, 4) is 17.2 Å². The summed E-state index contributed by atoms with van der Waals surface area (Å²) in [5.41, 5.74) is 1.63. The number of thiazole rings is 1. The number of carbonyl (C=O) groups is 1. The summed E-state index contributed by atoms with van der Waals surface area (Å²) in [6.07, 6.45) is 0.903. The molecule has 29 heavy (non-hydrogen) atoms. The average Bonchev–Trinajstić information content (AvgIpc) is 3.06. The Labute approximate surface area is 175 Å². The number of urea groups is 1. The molecule has 0 spiro atoms. The Hall–Kier alpha value is -2.52. The number of fused-ring (bicyclic) bond motifs is 1. The highest BCUT2D eigenvalue weighted by Crippen LogP contribution is 2.41. The first-order valence-corrected chi connectivity index (χ1v) is 10.7. The van der Waals surface area contributed by atoms with Crippen LogP contribution in [-0.4, -0.2) is 49.3 Å². The molecular weight excluding hydrogens is 392 g/mol. The number of nitrogens with one attached hydrogen (secondary N) is 2. The number of carbonyl (C=O) groups excluding carboxylic acids is 1. The Morgan fingerprint density at radius 2 is 1.76 bits per heavy atom. The second-order valence-corrected chi connectivity index (χ2v) is 7.64. The summed E-state index contributed by atoms with van der Waals surface area (Å²) < 4.78 is 17.1. The zero-order chi connectivity index (χ0) is 20.8. The predicted octanol–water partition coefficient (Wildman–Crippen LogP) is 3.97. The van der Waals surface area contributed by atoms with Gasteiger partial charge in [-0.1, -0.05) is 0 Å². The Morgan fingerprint density at radius 3 is 2.38 bits per heavy atom. The molecule has 1 aromatic heterocycles. The van der Waals surface area contributed by atoms with Crippen LogP contribution in [0.25, 0.3) is 0 Å². The minimum Gasteiger partial charge on any atom is -0.490 e. The van der Waals surface area contributed by atoms with E-state index >= 15 is 0 Å². The van der Waals surface area contributed by atoms with Crippen molar-refractivity contribution < 1.29 is 19.0 Å². The van der Waals surface area contributed by atoms with E-state index in [1.807, 2.05) is 20.8 Å². The van der Waals surface area contributed by atoms with Crippen molar-refractivity contribution in [1.82, 2.24) is 9.88 Å². The molecule has 0 radical (unpaired) electrons. The third-order valence-electron chi connectivity index (χ3n) is 4.31. The number of nitrogens with zero attached hydrogens (tertiary/aromatic N) is 2. The Balaban J connectivity index is 1.75. The monoisotopic (exact) mass is 420 g/mol. The molecule has 0 aliphatic carbocycles. The lowest BCUT2D eigenvalue weighted by Gasteiger charge is -2.20. The van der Waals surface area contributed by atoms with Gasteiger partial charge < -0.3 is 24.4 Å². The lowest BCUT2D eigenvalue weighted by molar-refractivity contribution is 0.260. The summed E-state index contributed by atoms with van der Waals surface area (Å²) in [7, 11) is 2.08. The van der Waals surface area contributed by atoms with E-state index in [1.165, 1.54) is 16.2 Å². The lowest BCUT2D eigenvalue weighted by atomic mass is 10.2. The minimum absolute atomic E-state index is 0.362.